The predicted octanol–water partition coefficient (Wildman–Crippen LogP) is 4.03. The molecule has 2 aromatic heterocycles. The molecule has 0 spiro atoms. The van der Waals surface area contributed by atoms with Crippen molar-refractivity contribution in [1.82, 2.24) is 9.13 Å². The molecular weight excluding hydrogens is 320 g/mol. The fourth-order valence-corrected chi connectivity index (χ4v) is 3.79. The van der Waals surface area contributed by atoms with E-state index in [4.69, 9.17) is 0 Å². The standard InChI is InChI=1S/C22H28N4/c1-17(2)25-15-23(19-9-5-7-11-21(19)25)13-14-24-16-26(18(3)4)22-12-8-6-10-20(22)24/h5-12,15-18H,13-14H2,1-4H3/q+2. The molecule has 26 heavy (non-hydrogen) atoms. The highest BCUT2D eigenvalue weighted by Crippen LogP contribution is 2.17. The molecule has 4 heteroatoms. The number of aryl methyl sites for hydroxylation is 2. The zero-order valence-electron chi connectivity index (χ0n) is 16.1. The SMILES string of the molecule is CC(C)n1c[n+](CC[n+]2cn(C(C)C)c3ccccc32)c2ccccc21. The van der Waals surface area contributed by atoms with Crippen molar-refractivity contribution in [2.45, 2.75) is 52.9 Å². The van der Waals surface area contributed by atoms with Crippen molar-refractivity contribution in [3.05, 3.63) is 61.2 Å². The number of aromatic nitrogens is 4. The van der Waals surface area contributed by atoms with Crippen molar-refractivity contribution in [2.75, 3.05) is 0 Å². The quantitative estimate of drug-likeness (QED) is 0.485. The number of para-hydroxylation sites is 4. The first-order chi connectivity index (χ1) is 12.6. The number of hydrogen-bond donors (Lipinski definition) is 0. The largest absolute Gasteiger partial charge is 0.245 e. The second kappa shape index (κ2) is 6.60. The van der Waals surface area contributed by atoms with E-state index in [0.717, 1.165) is 13.1 Å². The smallest absolute Gasteiger partial charge is 0.228 e. The molecule has 0 fully saturated rings. The van der Waals surface area contributed by atoms with Crippen LogP contribution in [0, 0.1) is 0 Å². The molecule has 0 radical (unpaired) electrons. The first-order valence-corrected chi connectivity index (χ1v) is 9.54. The number of benzene rings is 2. The van der Waals surface area contributed by atoms with Gasteiger partial charge in [-0.3, -0.25) is 0 Å². The maximum atomic E-state index is 2.38. The lowest BCUT2D eigenvalue weighted by Crippen LogP contribution is -2.43. The fourth-order valence-electron chi connectivity index (χ4n) is 3.79. The second-order valence-electron chi connectivity index (χ2n) is 7.60. The van der Waals surface area contributed by atoms with Crippen LogP contribution < -0.4 is 9.13 Å². The Hall–Kier alpha value is -2.62. The summed E-state index contributed by atoms with van der Waals surface area (Å²) in [6.45, 7) is 10.9. The molecule has 0 atom stereocenters. The van der Waals surface area contributed by atoms with Gasteiger partial charge in [0.15, 0.2) is 22.1 Å². The van der Waals surface area contributed by atoms with Crippen molar-refractivity contribution in [3.63, 3.8) is 0 Å². The van der Waals surface area contributed by atoms with Gasteiger partial charge in [0.1, 0.15) is 13.1 Å². The molecule has 4 rings (SSSR count). The summed E-state index contributed by atoms with van der Waals surface area (Å²) < 4.78 is 9.47. The van der Waals surface area contributed by atoms with Crippen LogP contribution in [0.3, 0.4) is 0 Å². The Labute approximate surface area is 154 Å². The third-order valence-electron chi connectivity index (χ3n) is 5.16. The van der Waals surface area contributed by atoms with E-state index in [2.05, 4.69) is 107 Å². The van der Waals surface area contributed by atoms with Crippen LogP contribution in [0.4, 0.5) is 0 Å². The van der Waals surface area contributed by atoms with Gasteiger partial charge in [-0.15, -0.1) is 0 Å². The maximum Gasteiger partial charge on any atom is 0.245 e. The molecule has 0 aliphatic heterocycles. The number of nitrogens with zero attached hydrogens (tertiary/aromatic N) is 4. The molecular formula is C22H28N4+2. The van der Waals surface area contributed by atoms with Gasteiger partial charge < -0.3 is 0 Å². The molecule has 0 aliphatic rings. The minimum atomic E-state index is 0.455. The van der Waals surface area contributed by atoms with Gasteiger partial charge in [0, 0.05) is 0 Å². The molecule has 2 aromatic carbocycles. The zero-order valence-corrected chi connectivity index (χ0v) is 16.1. The van der Waals surface area contributed by atoms with Gasteiger partial charge in [0.25, 0.3) is 0 Å². The summed E-state index contributed by atoms with van der Waals surface area (Å²) in [5.41, 5.74) is 5.21. The van der Waals surface area contributed by atoms with Crippen molar-refractivity contribution < 1.29 is 9.13 Å². The van der Waals surface area contributed by atoms with E-state index < -0.39 is 0 Å². The highest BCUT2D eigenvalue weighted by atomic mass is 15.2. The Morgan fingerprint density at radius 1 is 0.654 bits per heavy atom. The van der Waals surface area contributed by atoms with E-state index in [1.54, 1.807) is 0 Å². The normalized spacial score (nSPS) is 12.1. The molecule has 0 N–H and O–H groups in total. The first-order valence-electron chi connectivity index (χ1n) is 9.54. The van der Waals surface area contributed by atoms with Gasteiger partial charge in [0.05, 0.1) is 12.1 Å². The molecule has 4 nitrogen and oxygen atoms in total. The molecule has 0 bridgehead atoms. The summed E-state index contributed by atoms with van der Waals surface area (Å²) in [5, 5.41) is 0. The van der Waals surface area contributed by atoms with Crippen LogP contribution in [-0.2, 0) is 13.1 Å². The summed E-state index contributed by atoms with van der Waals surface area (Å²) in [4.78, 5) is 0. The molecule has 4 aromatic rings. The third-order valence-corrected chi connectivity index (χ3v) is 5.16. The minimum Gasteiger partial charge on any atom is -0.228 e. The van der Waals surface area contributed by atoms with Crippen LogP contribution >= 0.6 is 0 Å². The Morgan fingerprint density at radius 3 is 1.42 bits per heavy atom. The Bertz CT molecular complexity index is 967. The van der Waals surface area contributed by atoms with Gasteiger partial charge in [-0.2, -0.15) is 0 Å². The third kappa shape index (κ3) is 2.79. The Balaban J connectivity index is 1.70. The van der Waals surface area contributed by atoms with Gasteiger partial charge in [0.2, 0.25) is 12.7 Å². The molecule has 134 valence electrons. The van der Waals surface area contributed by atoms with Crippen LogP contribution in [0.15, 0.2) is 61.2 Å². The molecule has 2 heterocycles. The van der Waals surface area contributed by atoms with Gasteiger partial charge in [-0.25, -0.2) is 18.3 Å². The van der Waals surface area contributed by atoms with Crippen LogP contribution in [-0.4, -0.2) is 9.13 Å². The summed E-state index contributed by atoms with van der Waals surface area (Å²) in [6.07, 6.45) is 4.52. The first kappa shape index (κ1) is 16.8. The second-order valence-corrected chi connectivity index (χ2v) is 7.60. The molecule has 0 amide bonds. The predicted molar refractivity (Wildman–Crippen MR) is 105 cm³/mol. The van der Waals surface area contributed by atoms with E-state index in [0.29, 0.717) is 12.1 Å². The van der Waals surface area contributed by atoms with E-state index in [1.165, 1.54) is 22.1 Å². The van der Waals surface area contributed by atoms with E-state index in [-0.39, 0.29) is 0 Å². The average molecular weight is 348 g/mol. The zero-order chi connectivity index (χ0) is 18.3. The fraction of sp³-hybridized carbons (Fsp3) is 0.364. The van der Waals surface area contributed by atoms with E-state index in [1.807, 2.05) is 0 Å². The molecule has 0 aliphatic carbocycles. The lowest BCUT2D eigenvalue weighted by Gasteiger charge is -1.99. The number of hydrogen-bond acceptors (Lipinski definition) is 0. The summed E-state index contributed by atoms with van der Waals surface area (Å²) in [7, 11) is 0. The van der Waals surface area contributed by atoms with Crippen molar-refractivity contribution in [1.29, 1.82) is 0 Å². The summed E-state index contributed by atoms with van der Waals surface area (Å²) >= 11 is 0. The Kier molecular flexibility index (Phi) is 4.27. The maximum absolute atomic E-state index is 2.38. The molecule has 0 unspecified atom stereocenters. The highest BCUT2D eigenvalue weighted by molar-refractivity contribution is 5.72. The van der Waals surface area contributed by atoms with Gasteiger partial charge in [-0.1, -0.05) is 24.3 Å². The lowest BCUT2D eigenvalue weighted by atomic mass is 10.3. The van der Waals surface area contributed by atoms with E-state index in [9.17, 15) is 0 Å². The van der Waals surface area contributed by atoms with Crippen molar-refractivity contribution in [2.24, 2.45) is 0 Å². The monoisotopic (exact) mass is 348 g/mol. The van der Waals surface area contributed by atoms with Crippen LogP contribution in [0.1, 0.15) is 39.8 Å². The average Bonchev–Trinajstić information content (AvgIpc) is 3.19. The van der Waals surface area contributed by atoms with E-state index >= 15 is 0 Å². The van der Waals surface area contributed by atoms with Crippen LogP contribution in [0.5, 0.6) is 0 Å². The van der Waals surface area contributed by atoms with Gasteiger partial charge >= 0.3 is 0 Å². The molecule has 0 saturated heterocycles. The Morgan fingerprint density at radius 2 is 1.04 bits per heavy atom. The number of fused-ring (bicyclic) bond motifs is 2. The van der Waals surface area contributed by atoms with Crippen molar-refractivity contribution in [3.8, 4) is 0 Å². The summed E-state index contributed by atoms with van der Waals surface area (Å²) in [6, 6.07) is 18.3. The topological polar surface area (TPSA) is 17.6 Å². The number of imidazole rings is 2. The summed E-state index contributed by atoms with van der Waals surface area (Å²) in [5.74, 6) is 0. The molecule has 0 saturated carbocycles. The van der Waals surface area contributed by atoms with Crippen LogP contribution in [0.25, 0.3) is 22.1 Å². The van der Waals surface area contributed by atoms with Gasteiger partial charge in [-0.05, 0) is 52.0 Å². The minimum absolute atomic E-state index is 0.455. The lowest BCUT2D eigenvalue weighted by molar-refractivity contribution is -0.755. The number of rotatable bonds is 5. The van der Waals surface area contributed by atoms with Crippen molar-refractivity contribution >= 4 is 22.1 Å². The van der Waals surface area contributed by atoms with Crippen LogP contribution in [0.2, 0.25) is 0 Å². The highest BCUT2D eigenvalue weighted by Gasteiger charge is 2.20.